The van der Waals surface area contributed by atoms with Crippen LogP contribution in [0.3, 0.4) is 0 Å². The minimum atomic E-state index is 0.640. The molecule has 0 amide bonds. The molecule has 0 unspecified atom stereocenters. The van der Waals surface area contributed by atoms with E-state index >= 15 is 0 Å². The van der Waals surface area contributed by atoms with Crippen molar-refractivity contribution in [2.24, 2.45) is 0 Å². The number of allylic oxidation sites excluding steroid dienone is 1. The second-order valence-corrected chi connectivity index (χ2v) is 7.19. The van der Waals surface area contributed by atoms with Crippen molar-refractivity contribution in [3.8, 4) is 0 Å². The zero-order chi connectivity index (χ0) is 18.0. The second-order valence-electron chi connectivity index (χ2n) is 7.19. The number of hydrogen-bond acceptors (Lipinski definition) is 2. The van der Waals surface area contributed by atoms with Crippen molar-refractivity contribution in [1.29, 1.82) is 0 Å². The molecule has 0 N–H and O–H groups in total. The summed E-state index contributed by atoms with van der Waals surface area (Å²) in [6, 6.07) is 0. The van der Waals surface area contributed by atoms with Crippen LogP contribution in [0.15, 0.2) is 12.7 Å². The van der Waals surface area contributed by atoms with E-state index in [4.69, 9.17) is 0 Å². The molecule has 0 heterocycles. The van der Waals surface area contributed by atoms with Crippen molar-refractivity contribution in [3.05, 3.63) is 12.7 Å². The van der Waals surface area contributed by atoms with Crippen LogP contribution in [0.4, 0.5) is 0 Å². The minimum absolute atomic E-state index is 0.640. The van der Waals surface area contributed by atoms with Crippen molar-refractivity contribution in [3.63, 3.8) is 0 Å². The lowest BCUT2D eigenvalue weighted by atomic mass is 10.1. The summed E-state index contributed by atoms with van der Waals surface area (Å²) in [5.41, 5.74) is 0. The minimum Gasteiger partial charge on any atom is -0.288 e. The quantitative estimate of drug-likeness (QED) is 0.160. The van der Waals surface area contributed by atoms with Crippen LogP contribution in [0.25, 0.3) is 0 Å². The van der Waals surface area contributed by atoms with E-state index in [9.17, 15) is 0 Å². The molecule has 0 aromatic rings. The third-order valence-corrected chi connectivity index (χ3v) is 4.91. The number of nitrogens with zero attached hydrogens (tertiary/aromatic N) is 2. The van der Waals surface area contributed by atoms with Crippen molar-refractivity contribution >= 4 is 0 Å². The number of rotatable bonds is 18. The lowest BCUT2D eigenvalue weighted by molar-refractivity contribution is 0.0299. The molecule has 0 aromatic heterocycles. The highest BCUT2D eigenvalue weighted by atomic mass is 15.3. The van der Waals surface area contributed by atoms with Crippen LogP contribution >= 0.6 is 0 Å². The Morgan fingerprint density at radius 2 is 1.04 bits per heavy atom. The highest BCUT2D eigenvalue weighted by Gasteiger charge is 2.23. The fourth-order valence-corrected chi connectivity index (χ4v) is 3.31. The standard InChI is InChI=1S/C22H46N2/c1-6-11-16-17-22(23(18-12-7-2)19-13-8-3)24(20-14-9-4)21-15-10-5/h6,22H,1,7-21H2,2-5H3. The van der Waals surface area contributed by atoms with Gasteiger partial charge in [-0.2, -0.15) is 0 Å². The number of hydrogen-bond donors (Lipinski definition) is 0. The summed E-state index contributed by atoms with van der Waals surface area (Å²) < 4.78 is 0. The smallest absolute Gasteiger partial charge is 0.0622 e. The Morgan fingerprint density at radius 1 is 0.667 bits per heavy atom. The molecule has 0 saturated heterocycles. The third kappa shape index (κ3) is 11.3. The Hall–Kier alpha value is -0.340. The fraction of sp³-hybridized carbons (Fsp3) is 0.909. The summed E-state index contributed by atoms with van der Waals surface area (Å²) in [6.07, 6.45) is 17.0. The van der Waals surface area contributed by atoms with Crippen LogP contribution in [0.1, 0.15) is 98.3 Å². The van der Waals surface area contributed by atoms with Crippen molar-refractivity contribution in [2.75, 3.05) is 26.2 Å². The molecule has 0 aliphatic carbocycles. The van der Waals surface area contributed by atoms with Gasteiger partial charge < -0.3 is 0 Å². The zero-order valence-electron chi connectivity index (χ0n) is 17.4. The Balaban J connectivity index is 5.04. The first-order valence-corrected chi connectivity index (χ1v) is 10.8. The summed E-state index contributed by atoms with van der Waals surface area (Å²) in [6.45, 7) is 18.3. The average molecular weight is 339 g/mol. The van der Waals surface area contributed by atoms with Gasteiger partial charge in [0.25, 0.3) is 0 Å². The molecule has 0 radical (unpaired) electrons. The Morgan fingerprint density at radius 3 is 1.33 bits per heavy atom. The van der Waals surface area contributed by atoms with Gasteiger partial charge in [-0.15, -0.1) is 6.58 Å². The van der Waals surface area contributed by atoms with E-state index < -0.39 is 0 Å². The molecule has 2 nitrogen and oxygen atoms in total. The predicted molar refractivity (Wildman–Crippen MR) is 111 cm³/mol. The maximum Gasteiger partial charge on any atom is 0.0622 e. The molecular weight excluding hydrogens is 292 g/mol. The molecule has 0 aliphatic rings. The SMILES string of the molecule is C=CCCCC(N(CCCC)CCCC)N(CCCC)CCCC. The van der Waals surface area contributed by atoms with Gasteiger partial charge in [0.1, 0.15) is 0 Å². The van der Waals surface area contributed by atoms with Crippen LogP contribution in [-0.4, -0.2) is 42.1 Å². The van der Waals surface area contributed by atoms with E-state index in [-0.39, 0.29) is 0 Å². The molecule has 0 atom stereocenters. The van der Waals surface area contributed by atoms with Crippen LogP contribution < -0.4 is 0 Å². The Kier molecular flexibility index (Phi) is 17.2. The topological polar surface area (TPSA) is 6.48 Å². The predicted octanol–water partition coefficient (Wildman–Crippen LogP) is 6.47. The van der Waals surface area contributed by atoms with E-state index in [1.807, 2.05) is 0 Å². The maximum atomic E-state index is 3.92. The average Bonchev–Trinajstić information content (AvgIpc) is 2.60. The van der Waals surface area contributed by atoms with E-state index in [2.05, 4.69) is 50.1 Å². The van der Waals surface area contributed by atoms with Crippen molar-refractivity contribution < 1.29 is 0 Å². The molecule has 144 valence electrons. The molecule has 0 saturated carbocycles. The van der Waals surface area contributed by atoms with E-state index in [1.54, 1.807) is 0 Å². The van der Waals surface area contributed by atoms with Gasteiger partial charge in [-0.3, -0.25) is 9.80 Å². The first-order chi connectivity index (χ1) is 11.7. The monoisotopic (exact) mass is 338 g/mol. The molecule has 0 aromatic carbocycles. The van der Waals surface area contributed by atoms with E-state index in [0.717, 1.165) is 6.42 Å². The lowest BCUT2D eigenvalue weighted by Gasteiger charge is -2.40. The van der Waals surface area contributed by atoms with Gasteiger partial charge in [0, 0.05) is 0 Å². The third-order valence-electron chi connectivity index (χ3n) is 4.91. The summed E-state index contributed by atoms with van der Waals surface area (Å²) >= 11 is 0. The van der Waals surface area contributed by atoms with Gasteiger partial charge >= 0.3 is 0 Å². The molecule has 0 bridgehead atoms. The fourth-order valence-electron chi connectivity index (χ4n) is 3.31. The molecule has 0 rings (SSSR count). The molecular formula is C22H46N2. The van der Waals surface area contributed by atoms with Crippen molar-refractivity contribution in [2.45, 2.75) is 104 Å². The van der Waals surface area contributed by atoms with Gasteiger partial charge in [0.2, 0.25) is 0 Å². The lowest BCUT2D eigenvalue weighted by Crippen LogP contribution is -2.50. The van der Waals surface area contributed by atoms with Gasteiger partial charge in [-0.25, -0.2) is 0 Å². The van der Waals surface area contributed by atoms with Gasteiger partial charge in [-0.05, 0) is 71.1 Å². The molecule has 0 spiro atoms. The Bertz CT molecular complexity index is 229. The second kappa shape index (κ2) is 17.5. The largest absolute Gasteiger partial charge is 0.288 e. The van der Waals surface area contributed by atoms with Gasteiger partial charge in [0.05, 0.1) is 6.17 Å². The normalized spacial score (nSPS) is 11.8. The molecule has 0 aliphatic heterocycles. The number of unbranched alkanes of at least 4 members (excludes halogenated alkanes) is 5. The summed E-state index contributed by atoms with van der Waals surface area (Å²) in [4.78, 5) is 5.61. The summed E-state index contributed by atoms with van der Waals surface area (Å²) in [5, 5.41) is 0. The van der Waals surface area contributed by atoms with Crippen LogP contribution in [0, 0.1) is 0 Å². The first kappa shape index (κ1) is 23.7. The van der Waals surface area contributed by atoms with Crippen LogP contribution in [-0.2, 0) is 0 Å². The highest BCUT2D eigenvalue weighted by molar-refractivity contribution is 4.76. The Labute approximate surface area is 153 Å². The zero-order valence-corrected chi connectivity index (χ0v) is 17.4. The van der Waals surface area contributed by atoms with Crippen LogP contribution in [0.5, 0.6) is 0 Å². The molecule has 24 heavy (non-hydrogen) atoms. The van der Waals surface area contributed by atoms with Gasteiger partial charge in [-0.1, -0.05) is 59.5 Å². The highest BCUT2D eigenvalue weighted by Crippen LogP contribution is 2.18. The first-order valence-electron chi connectivity index (χ1n) is 10.8. The van der Waals surface area contributed by atoms with Crippen LogP contribution in [0.2, 0.25) is 0 Å². The van der Waals surface area contributed by atoms with E-state index in [0.29, 0.717) is 6.17 Å². The van der Waals surface area contributed by atoms with Crippen molar-refractivity contribution in [1.82, 2.24) is 9.80 Å². The molecule has 2 heteroatoms. The molecule has 0 fully saturated rings. The summed E-state index contributed by atoms with van der Waals surface area (Å²) in [5.74, 6) is 0. The maximum absolute atomic E-state index is 3.92. The van der Waals surface area contributed by atoms with E-state index in [1.165, 1.54) is 90.4 Å². The van der Waals surface area contributed by atoms with Gasteiger partial charge in [0.15, 0.2) is 0 Å². The summed E-state index contributed by atoms with van der Waals surface area (Å²) in [7, 11) is 0.